The molecule has 2 aliphatic heterocycles. The summed E-state index contributed by atoms with van der Waals surface area (Å²) in [7, 11) is -2.02. The Hall–Kier alpha value is -3.18. The number of allylic oxidation sites excluding steroid dienone is 1. The number of rotatable bonds is 1. The number of carbonyl (C=O) groups is 2. The predicted molar refractivity (Wildman–Crippen MR) is 147 cm³/mol. The first kappa shape index (κ1) is 22.0. The van der Waals surface area contributed by atoms with Crippen LogP contribution in [0.5, 0.6) is 0 Å². The van der Waals surface area contributed by atoms with E-state index >= 15 is 0 Å². The van der Waals surface area contributed by atoms with Crippen LogP contribution in [0, 0.1) is 6.92 Å². The molecular formula is C30H25NO3SeSi. The molecule has 0 radical (unpaired) electrons. The molecule has 0 saturated heterocycles. The Balaban J connectivity index is 1.46. The number of furan rings is 1. The predicted octanol–water partition coefficient (Wildman–Crippen LogP) is 5.35. The summed E-state index contributed by atoms with van der Waals surface area (Å²) in [5.41, 5.74) is 6.19. The number of Topliss-reactive ketones (excluding diaryl/α,β-unsaturated/α-hetero) is 2. The normalized spacial score (nSPS) is 18.0. The van der Waals surface area contributed by atoms with E-state index in [2.05, 4.69) is 62.2 Å². The van der Waals surface area contributed by atoms with E-state index in [0.29, 0.717) is 11.1 Å². The van der Waals surface area contributed by atoms with Crippen molar-refractivity contribution >= 4 is 66.7 Å². The molecule has 0 saturated carbocycles. The summed E-state index contributed by atoms with van der Waals surface area (Å²) in [6.07, 6.45) is 1.86. The maximum absolute atomic E-state index is 13.1. The molecule has 4 aromatic rings. The Kier molecular flexibility index (Phi) is 4.27. The van der Waals surface area contributed by atoms with Crippen molar-refractivity contribution in [3.8, 4) is 0 Å². The van der Waals surface area contributed by atoms with Gasteiger partial charge in [-0.15, -0.1) is 0 Å². The summed E-state index contributed by atoms with van der Waals surface area (Å²) in [5, 5.41) is 2.52. The Morgan fingerprint density at radius 3 is 2.33 bits per heavy atom. The van der Waals surface area contributed by atoms with Crippen molar-refractivity contribution in [3.05, 3.63) is 92.6 Å². The first-order valence-corrected chi connectivity index (χ1v) is 16.9. The SMILES string of the molecule is Cc1cc2c(o1)[Si](C)(C)c1cccc3c1N2c1[se]c(C=C2C(=O)c4ccccc4C2=O)cc1C3(C)C. The maximum atomic E-state index is 13.1. The van der Waals surface area contributed by atoms with Gasteiger partial charge in [-0.2, -0.15) is 0 Å². The van der Waals surface area contributed by atoms with Crippen molar-refractivity contribution < 1.29 is 14.0 Å². The van der Waals surface area contributed by atoms with E-state index in [-0.39, 0.29) is 37.1 Å². The first-order valence-electron chi connectivity index (χ1n) is 12.2. The first-order chi connectivity index (χ1) is 17.1. The van der Waals surface area contributed by atoms with Gasteiger partial charge >= 0.3 is 218 Å². The topological polar surface area (TPSA) is 50.5 Å². The fourth-order valence-electron chi connectivity index (χ4n) is 6.14. The third kappa shape index (κ3) is 2.64. The summed E-state index contributed by atoms with van der Waals surface area (Å²) in [4.78, 5) is 28.6. The van der Waals surface area contributed by atoms with Crippen molar-refractivity contribution in [2.24, 2.45) is 0 Å². The molecule has 1 aliphatic carbocycles. The Morgan fingerprint density at radius 1 is 0.944 bits per heavy atom. The molecule has 2 aromatic carbocycles. The summed E-state index contributed by atoms with van der Waals surface area (Å²) in [6.45, 7) is 11.4. The number of carbonyl (C=O) groups excluding carboxylic acids is 2. The van der Waals surface area contributed by atoms with Crippen LogP contribution in [-0.4, -0.2) is 34.1 Å². The van der Waals surface area contributed by atoms with Gasteiger partial charge in [0.05, 0.1) is 0 Å². The molecule has 36 heavy (non-hydrogen) atoms. The minimum absolute atomic E-state index is 0.0643. The van der Waals surface area contributed by atoms with E-state index < -0.39 is 8.07 Å². The number of aryl methyl sites for hydroxylation is 1. The molecule has 0 unspecified atom stereocenters. The second-order valence-corrected chi connectivity index (χ2v) is 17.5. The zero-order valence-electron chi connectivity index (χ0n) is 20.9. The number of benzene rings is 2. The van der Waals surface area contributed by atoms with Crippen LogP contribution in [0.4, 0.5) is 15.9 Å². The average molecular weight is 555 g/mol. The van der Waals surface area contributed by atoms with E-state index in [4.69, 9.17) is 4.42 Å². The van der Waals surface area contributed by atoms with Crippen LogP contribution in [0.15, 0.2) is 64.6 Å². The van der Waals surface area contributed by atoms with Gasteiger partial charge in [0.25, 0.3) is 0 Å². The van der Waals surface area contributed by atoms with Crippen LogP contribution < -0.4 is 15.5 Å². The van der Waals surface area contributed by atoms with Crippen molar-refractivity contribution in [2.75, 3.05) is 4.90 Å². The summed E-state index contributed by atoms with van der Waals surface area (Å²) >= 11 is -0.0643. The quantitative estimate of drug-likeness (QED) is 0.181. The summed E-state index contributed by atoms with van der Waals surface area (Å²) < 4.78 is 8.70. The average Bonchev–Trinajstić information content (AvgIpc) is 3.51. The second kappa shape index (κ2) is 6.98. The summed E-state index contributed by atoms with van der Waals surface area (Å²) in [5.74, 6) is 0.601. The molecule has 7 rings (SSSR count). The van der Waals surface area contributed by atoms with Gasteiger partial charge in [0.1, 0.15) is 0 Å². The number of ketones is 2. The minimum atomic E-state index is -2.02. The number of fused-ring (bicyclic) bond motifs is 5. The van der Waals surface area contributed by atoms with Gasteiger partial charge in [0.2, 0.25) is 0 Å². The van der Waals surface area contributed by atoms with E-state index in [9.17, 15) is 9.59 Å². The van der Waals surface area contributed by atoms with Crippen LogP contribution in [0.1, 0.15) is 55.9 Å². The van der Waals surface area contributed by atoms with E-state index in [0.717, 1.165) is 21.3 Å². The van der Waals surface area contributed by atoms with Crippen LogP contribution in [-0.2, 0) is 5.41 Å². The fourth-order valence-corrected chi connectivity index (χ4v) is 11.7. The summed E-state index contributed by atoms with van der Waals surface area (Å²) in [6, 6.07) is 18.3. The molecule has 0 atom stereocenters. The van der Waals surface area contributed by atoms with E-state index in [1.165, 1.54) is 26.6 Å². The van der Waals surface area contributed by atoms with Gasteiger partial charge in [-0.3, -0.25) is 0 Å². The molecule has 178 valence electrons. The number of hydrogen-bond donors (Lipinski definition) is 0. The van der Waals surface area contributed by atoms with Gasteiger partial charge in [-0.1, -0.05) is 0 Å². The third-order valence-corrected chi connectivity index (χ3v) is 13.5. The van der Waals surface area contributed by atoms with E-state index in [1.807, 2.05) is 25.1 Å². The Morgan fingerprint density at radius 2 is 1.64 bits per heavy atom. The number of hydrogen-bond acceptors (Lipinski definition) is 4. The van der Waals surface area contributed by atoms with E-state index in [1.54, 1.807) is 12.1 Å². The molecule has 4 heterocycles. The third-order valence-electron chi connectivity index (χ3n) is 8.05. The van der Waals surface area contributed by atoms with Gasteiger partial charge in [0.15, 0.2) is 0 Å². The second-order valence-electron chi connectivity index (χ2n) is 11.0. The molecule has 0 N–H and O–H groups in total. The van der Waals surface area contributed by atoms with Crippen LogP contribution in [0.3, 0.4) is 0 Å². The van der Waals surface area contributed by atoms with Crippen molar-refractivity contribution in [3.63, 3.8) is 0 Å². The number of para-hydroxylation sites is 1. The number of anilines is 3. The van der Waals surface area contributed by atoms with Gasteiger partial charge in [-0.25, -0.2) is 0 Å². The zero-order valence-corrected chi connectivity index (χ0v) is 23.6. The van der Waals surface area contributed by atoms with Crippen molar-refractivity contribution in [1.29, 1.82) is 0 Å². The molecule has 4 nitrogen and oxygen atoms in total. The van der Waals surface area contributed by atoms with Gasteiger partial charge in [0, 0.05) is 0 Å². The molecule has 0 fully saturated rings. The Bertz CT molecular complexity index is 1660. The zero-order chi connectivity index (χ0) is 25.1. The molecule has 6 heteroatoms. The van der Waals surface area contributed by atoms with Crippen LogP contribution >= 0.6 is 0 Å². The van der Waals surface area contributed by atoms with Crippen molar-refractivity contribution in [1.82, 2.24) is 0 Å². The van der Waals surface area contributed by atoms with Gasteiger partial charge in [-0.05, 0) is 0 Å². The molecule has 2 aromatic heterocycles. The molecule has 0 bridgehead atoms. The standard InChI is InChI=1S/C30H25NO3SeSi/c1-16-13-23-29(34-16)36(4,5)24-12-8-11-21-25(24)31(23)28-22(30(21,2)3)15-17(35-28)14-20-26(32)18-9-6-7-10-19(18)27(20)33/h6-15H,1-5H3. The fraction of sp³-hybridized carbons (Fsp3) is 0.200. The molecule has 0 amide bonds. The number of nitrogens with zero attached hydrogens (tertiary/aromatic N) is 1. The van der Waals surface area contributed by atoms with Crippen LogP contribution in [0.2, 0.25) is 13.1 Å². The monoisotopic (exact) mass is 555 g/mol. The molecular weight excluding hydrogens is 529 g/mol. The van der Waals surface area contributed by atoms with Crippen LogP contribution in [0.25, 0.3) is 6.08 Å². The molecule has 0 spiro atoms. The van der Waals surface area contributed by atoms with Crippen molar-refractivity contribution in [2.45, 2.75) is 39.3 Å². The molecule has 3 aliphatic rings. The van der Waals surface area contributed by atoms with Gasteiger partial charge < -0.3 is 0 Å². The Labute approximate surface area is 217 Å².